The van der Waals surface area contributed by atoms with Gasteiger partial charge < -0.3 is 10.4 Å². The third-order valence-electron chi connectivity index (χ3n) is 3.06. The number of hydrogen-bond donors (Lipinski definition) is 2. The first-order valence-electron chi connectivity index (χ1n) is 6.24. The van der Waals surface area contributed by atoms with Gasteiger partial charge in [0.25, 0.3) is 11.6 Å². The Morgan fingerprint density at radius 2 is 1.90 bits per heavy atom. The highest BCUT2D eigenvalue weighted by Crippen LogP contribution is 2.25. The van der Waals surface area contributed by atoms with Gasteiger partial charge in [0.2, 0.25) is 0 Å². The maximum atomic E-state index is 12.1. The number of aryl methyl sites for hydroxylation is 2. The number of phenolic OH excluding ortho intramolecular Hbond substituents is 1. The summed E-state index contributed by atoms with van der Waals surface area (Å²) in [4.78, 5) is 22.4. The van der Waals surface area contributed by atoms with E-state index in [0.717, 1.165) is 5.56 Å². The first-order valence-corrected chi connectivity index (χ1v) is 6.24. The number of nitrogens with zero attached hydrogens (tertiary/aromatic N) is 1. The summed E-state index contributed by atoms with van der Waals surface area (Å²) in [6.45, 7) is 3.41. The molecule has 2 aromatic rings. The molecule has 108 valence electrons. The molecule has 2 aromatic carbocycles. The van der Waals surface area contributed by atoms with Crippen molar-refractivity contribution < 1.29 is 14.8 Å². The minimum atomic E-state index is -0.497. The molecule has 6 nitrogen and oxygen atoms in total. The molecule has 0 radical (unpaired) electrons. The summed E-state index contributed by atoms with van der Waals surface area (Å²) in [5.41, 5.74) is 1.85. The van der Waals surface area contributed by atoms with Crippen LogP contribution in [0.3, 0.4) is 0 Å². The second kappa shape index (κ2) is 5.62. The van der Waals surface area contributed by atoms with Crippen LogP contribution in [0.4, 0.5) is 11.4 Å². The number of carbonyl (C=O) groups excluding carboxylic acids is 1. The molecule has 21 heavy (non-hydrogen) atoms. The van der Waals surface area contributed by atoms with Gasteiger partial charge in [-0.2, -0.15) is 0 Å². The second-order valence-electron chi connectivity index (χ2n) is 4.73. The number of benzene rings is 2. The summed E-state index contributed by atoms with van der Waals surface area (Å²) in [6, 6.07) is 8.98. The number of carbonyl (C=O) groups is 1. The molecule has 0 aliphatic carbocycles. The topological polar surface area (TPSA) is 92.5 Å². The van der Waals surface area contributed by atoms with E-state index < -0.39 is 10.8 Å². The van der Waals surface area contributed by atoms with E-state index in [1.165, 1.54) is 24.3 Å². The summed E-state index contributed by atoms with van der Waals surface area (Å²) >= 11 is 0. The lowest BCUT2D eigenvalue weighted by atomic mass is 10.1. The molecule has 0 heterocycles. The Labute approximate surface area is 121 Å². The van der Waals surface area contributed by atoms with Gasteiger partial charge in [-0.05, 0) is 43.7 Å². The molecular formula is C15H14N2O4. The van der Waals surface area contributed by atoms with Crippen molar-refractivity contribution in [2.24, 2.45) is 0 Å². The smallest absolute Gasteiger partial charge is 0.272 e. The van der Waals surface area contributed by atoms with Gasteiger partial charge in [0.15, 0.2) is 0 Å². The lowest BCUT2D eigenvalue weighted by Gasteiger charge is -2.08. The molecule has 2 rings (SSSR count). The second-order valence-corrected chi connectivity index (χ2v) is 4.73. The van der Waals surface area contributed by atoms with Crippen molar-refractivity contribution in [3.63, 3.8) is 0 Å². The average Bonchev–Trinajstić information content (AvgIpc) is 2.42. The molecule has 0 bridgehead atoms. The first kappa shape index (κ1) is 14.5. The SMILES string of the molecule is Cc1ccc(O)c(NC(=O)c2ccc([N+](=O)[O-])c(C)c2)c1. The maximum absolute atomic E-state index is 12.1. The Morgan fingerprint density at radius 1 is 1.19 bits per heavy atom. The normalized spacial score (nSPS) is 10.2. The van der Waals surface area contributed by atoms with E-state index in [0.29, 0.717) is 16.8 Å². The van der Waals surface area contributed by atoms with Crippen LogP contribution in [0.1, 0.15) is 21.5 Å². The monoisotopic (exact) mass is 286 g/mol. The summed E-state index contributed by atoms with van der Waals surface area (Å²) in [6.07, 6.45) is 0. The molecule has 0 fully saturated rings. The van der Waals surface area contributed by atoms with E-state index >= 15 is 0 Å². The predicted octanol–water partition coefficient (Wildman–Crippen LogP) is 3.17. The van der Waals surface area contributed by atoms with E-state index in [4.69, 9.17) is 0 Å². The number of nitro benzene ring substituents is 1. The number of anilines is 1. The zero-order valence-corrected chi connectivity index (χ0v) is 11.6. The number of phenols is 1. The number of aromatic hydroxyl groups is 1. The Balaban J connectivity index is 2.26. The molecule has 1 amide bonds. The molecule has 0 unspecified atom stereocenters. The summed E-state index contributed by atoms with van der Waals surface area (Å²) in [5, 5.41) is 23.0. The number of nitro groups is 1. The molecule has 0 aromatic heterocycles. The van der Waals surface area contributed by atoms with E-state index in [9.17, 15) is 20.0 Å². The first-order chi connectivity index (χ1) is 9.88. The van der Waals surface area contributed by atoms with Crippen LogP contribution in [0, 0.1) is 24.0 Å². The van der Waals surface area contributed by atoms with E-state index in [-0.39, 0.29) is 11.4 Å². The zero-order valence-electron chi connectivity index (χ0n) is 11.6. The lowest BCUT2D eigenvalue weighted by Crippen LogP contribution is -2.12. The summed E-state index contributed by atoms with van der Waals surface area (Å²) in [5.74, 6) is -0.471. The Kier molecular flexibility index (Phi) is 3.89. The quantitative estimate of drug-likeness (QED) is 0.515. The van der Waals surface area contributed by atoms with Gasteiger partial charge in [0, 0.05) is 17.2 Å². The largest absolute Gasteiger partial charge is 0.506 e. The number of rotatable bonds is 3. The van der Waals surface area contributed by atoms with Crippen molar-refractivity contribution in [2.75, 3.05) is 5.32 Å². The van der Waals surface area contributed by atoms with E-state index in [2.05, 4.69) is 5.32 Å². The third-order valence-corrected chi connectivity index (χ3v) is 3.06. The fourth-order valence-corrected chi connectivity index (χ4v) is 1.95. The molecule has 2 N–H and O–H groups in total. The molecular weight excluding hydrogens is 272 g/mol. The van der Waals surface area contributed by atoms with E-state index in [1.807, 2.05) is 6.92 Å². The molecule has 0 aliphatic heterocycles. The Bertz CT molecular complexity index is 726. The molecule has 6 heteroatoms. The minimum absolute atomic E-state index is 0.0346. The van der Waals surface area contributed by atoms with Gasteiger partial charge in [0.05, 0.1) is 10.6 Å². The van der Waals surface area contributed by atoms with Gasteiger partial charge in [-0.1, -0.05) is 6.07 Å². The fraction of sp³-hybridized carbons (Fsp3) is 0.133. The Hall–Kier alpha value is -2.89. The van der Waals surface area contributed by atoms with Crippen LogP contribution in [0.15, 0.2) is 36.4 Å². The number of amides is 1. The number of hydrogen-bond acceptors (Lipinski definition) is 4. The molecule has 0 aliphatic rings. The van der Waals surface area contributed by atoms with Gasteiger partial charge in [-0.15, -0.1) is 0 Å². The van der Waals surface area contributed by atoms with Crippen molar-refractivity contribution >= 4 is 17.3 Å². The van der Waals surface area contributed by atoms with Crippen LogP contribution < -0.4 is 5.32 Å². The zero-order chi connectivity index (χ0) is 15.6. The molecule has 0 saturated carbocycles. The molecule has 0 spiro atoms. The van der Waals surface area contributed by atoms with E-state index in [1.54, 1.807) is 19.1 Å². The fourth-order valence-electron chi connectivity index (χ4n) is 1.95. The predicted molar refractivity (Wildman–Crippen MR) is 78.6 cm³/mol. The summed E-state index contributed by atoms with van der Waals surface area (Å²) < 4.78 is 0. The highest BCUT2D eigenvalue weighted by Gasteiger charge is 2.14. The number of nitrogens with one attached hydrogen (secondary N) is 1. The highest BCUT2D eigenvalue weighted by atomic mass is 16.6. The Morgan fingerprint density at radius 3 is 2.52 bits per heavy atom. The van der Waals surface area contributed by atoms with Crippen molar-refractivity contribution in [2.45, 2.75) is 13.8 Å². The van der Waals surface area contributed by atoms with Crippen LogP contribution in [0.5, 0.6) is 5.75 Å². The van der Waals surface area contributed by atoms with Gasteiger partial charge >= 0.3 is 0 Å². The molecule has 0 atom stereocenters. The standard InChI is InChI=1S/C15H14N2O4/c1-9-3-6-14(18)12(7-9)16-15(19)11-4-5-13(17(20)21)10(2)8-11/h3-8,18H,1-2H3,(H,16,19). The maximum Gasteiger partial charge on any atom is 0.272 e. The van der Waals surface area contributed by atoms with Gasteiger partial charge in [-0.25, -0.2) is 0 Å². The van der Waals surface area contributed by atoms with Gasteiger partial charge in [-0.3, -0.25) is 14.9 Å². The molecule has 0 saturated heterocycles. The van der Waals surface area contributed by atoms with Crippen LogP contribution in [-0.4, -0.2) is 15.9 Å². The third kappa shape index (κ3) is 3.17. The average molecular weight is 286 g/mol. The highest BCUT2D eigenvalue weighted by molar-refractivity contribution is 6.05. The minimum Gasteiger partial charge on any atom is -0.506 e. The summed E-state index contributed by atoms with van der Waals surface area (Å²) in [7, 11) is 0. The van der Waals surface area contributed by atoms with Crippen molar-refractivity contribution in [3.05, 3.63) is 63.2 Å². The van der Waals surface area contributed by atoms with Crippen molar-refractivity contribution in [1.29, 1.82) is 0 Å². The lowest BCUT2D eigenvalue weighted by molar-refractivity contribution is -0.385. The van der Waals surface area contributed by atoms with Crippen LogP contribution in [0.25, 0.3) is 0 Å². The van der Waals surface area contributed by atoms with Crippen LogP contribution in [0.2, 0.25) is 0 Å². The van der Waals surface area contributed by atoms with Gasteiger partial charge in [0.1, 0.15) is 5.75 Å². The van der Waals surface area contributed by atoms with Crippen molar-refractivity contribution in [3.8, 4) is 5.75 Å². The van der Waals surface area contributed by atoms with Crippen LogP contribution >= 0.6 is 0 Å². The van der Waals surface area contributed by atoms with Crippen LogP contribution in [-0.2, 0) is 0 Å². The van der Waals surface area contributed by atoms with Crippen molar-refractivity contribution in [1.82, 2.24) is 0 Å².